The summed E-state index contributed by atoms with van der Waals surface area (Å²) < 4.78 is 0. The van der Waals surface area contributed by atoms with Gasteiger partial charge in [0.05, 0.1) is 12.1 Å². The monoisotopic (exact) mass is 210 g/mol. The lowest BCUT2D eigenvalue weighted by Crippen LogP contribution is -2.49. The Labute approximate surface area is 92.6 Å². The van der Waals surface area contributed by atoms with Crippen LogP contribution in [0.1, 0.15) is 20.3 Å². The topological polar surface area (TPSA) is 56.3 Å². The molecule has 0 saturated carbocycles. The zero-order valence-electron chi connectivity index (χ0n) is 9.82. The van der Waals surface area contributed by atoms with Crippen molar-refractivity contribution in [1.82, 2.24) is 9.80 Å². The van der Waals surface area contributed by atoms with E-state index in [1.807, 2.05) is 0 Å². The van der Waals surface area contributed by atoms with Crippen molar-refractivity contribution in [3.8, 4) is 6.07 Å². The van der Waals surface area contributed by atoms with Gasteiger partial charge in [0.1, 0.15) is 0 Å². The van der Waals surface area contributed by atoms with Crippen molar-refractivity contribution < 1.29 is 0 Å². The average molecular weight is 210 g/mol. The summed E-state index contributed by atoms with van der Waals surface area (Å²) in [7, 11) is 0. The number of rotatable bonds is 4. The number of hydrogen-bond donors (Lipinski definition) is 1. The number of nitrogens with two attached hydrogens (primary N) is 1. The summed E-state index contributed by atoms with van der Waals surface area (Å²) in [6.07, 6.45) is 0.790. The Kier molecular flexibility index (Phi) is 5.03. The summed E-state index contributed by atoms with van der Waals surface area (Å²) in [5, 5.41) is 8.58. The van der Waals surface area contributed by atoms with Crippen molar-refractivity contribution in [3.05, 3.63) is 0 Å². The molecule has 0 spiro atoms. The third kappa shape index (κ3) is 4.17. The minimum atomic E-state index is -0.298. The molecule has 2 N–H and O–H groups in total. The second kappa shape index (κ2) is 6.06. The normalized spacial score (nSPS) is 21.5. The average Bonchev–Trinajstić information content (AvgIpc) is 2.26. The maximum Gasteiger partial charge on any atom is 0.0940 e. The van der Waals surface area contributed by atoms with Gasteiger partial charge in [-0.3, -0.25) is 4.90 Å². The van der Waals surface area contributed by atoms with Crippen LogP contribution in [0, 0.1) is 11.3 Å². The van der Waals surface area contributed by atoms with Crippen LogP contribution < -0.4 is 5.73 Å². The molecule has 1 heterocycles. The van der Waals surface area contributed by atoms with Gasteiger partial charge in [-0.15, -0.1) is 0 Å². The summed E-state index contributed by atoms with van der Waals surface area (Å²) in [6.45, 7) is 9.93. The van der Waals surface area contributed by atoms with E-state index in [1.54, 1.807) is 0 Å². The van der Waals surface area contributed by atoms with Crippen LogP contribution in [0.15, 0.2) is 0 Å². The summed E-state index contributed by atoms with van der Waals surface area (Å²) in [6, 6.07) is 2.42. The van der Waals surface area contributed by atoms with Crippen LogP contribution in [0.25, 0.3) is 0 Å². The van der Waals surface area contributed by atoms with Gasteiger partial charge in [-0.05, 0) is 20.3 Å². The molecule has 86 valence electrons. The van der Waals surface area contributed by atoms with Gasteiger partial charge < -0.3 is 10.6 Å². The standard InChI is InChI=1S/C11H22N4/c1-10(2)15-7-5-14(6-8-15)4-3-11(13)9-12/h10-11H,3-8,13H2,1-2H3. The van der Waals surface area contributed by atoms with Gasteiger partial charge in [0.2, 0.25) is 0 Å². The largest absolute Gasteiger partial charge is 0.316 e. The van der Waals surface area contributed by atoms with Crippen molar-refractivity contribution >= 4 is 0 Å². The second-order valence-electron chi connectivity index (χ2n) is 4.50. The molecule has 1 saturated heterocycles. The minimum Gasteiger partial charge on any atom is -0.316 e. The maximum atomic E-state index is 8.58. The van der Waals surface area contributed by atoms with Crippen molar-refractivity contribution in [1.29, 1.82) is 5.26 Å². The molecule has 0 aromatic carbocycles. The van der Waals surface area contributed by atoms with E-state index in [2.05, 4.69) is 29.7 Å². The summed E-state index contributed by atoms with van der Waals surface area (Å²) in [4.78, 5) is 4.89. The Bertz CT molecular complexity index is 213. The summed E-state index contributed by atoms with van der Waals surface area (Å²) in [5.74, 6) is 0. The molecule has 1 aliphatic rings. The molecule has 1 atom stereocenters. The molecule has 0 aromatic rings. The van der Waals surface area contributed by atoms with Crippen LogP contribution in [0.4, 0.5) is 0 Å². The molecule has 1 rings (SSSR count). The van der Waals surface area contributed by atoms with Gasteiger partial charge in [-0.25, -0.2) is 0 Å². The highest BCUT2D eigenvalue weighted by molar-refractivity contribution is 4.87. The molecule has 0 bridgehead atoms. The molecule has 0 aromatic heterocycles. The predicted molar refractivity (Wildman–Crippen MR) is 61.4 cm³/mol. The fraction of sp³-hybridized carbons (Fsp3) is 0.909. The first kappa shape index (κ1) is 12.4. The molecule has 4 heteroatoms. The van der Waals surface area contributed by atoms with E-state index in [0.717, 1.165) is 39.1 Å². The van der Waals surface area contributed by atoms with Crippen LogP contribution in [0.3, 0.4) is 0 Å². The highest BCUT2D eigenvalue weighted by Crippen LogP contribution is 2.06. The number of nitriles is 1. The van der Waals surface area contributed by atoms with Crippen LogP contribution in [0.2, 0.25) is 0 Å². The van der Waals surface area contributed by atoms with Crippen molar-refractivity contribution in [2.45, 2.75) is 32.4 Å². The van der Waals surface area contributed by atoms with E-state index in [9.17, 15) is 0 Å². The fourth-order valence-electron chi connectivity index (χ4n) is 1.89. The van der Waals surface area contributed by atoms with E-state index in [1.165, 1.54) is 0 Å². The molecular formula is C11H22N4. The Morgan fingerprint density at radius 1 is 1.27 bits per heavy atom. The molecule has 4 nitrogen and oxygen atoms in total. The molecule has 0 amide bonds. The molecule has 15 heavy (non-hydrogen) atoms. The van der Waals surface area contributed by atoms with Crippen LogP contribution in [-0.2, 0) is 0 Å². The van der Waals surface area contributed by atoms with Gasteiger partial charge in [0.25, 0.3) is 0 Å². The third-order valence-corrected chi connectivity index (χ3v) is 3.06. The molecule has 0 aliphatic carbocycles. The predicted octanol–water partition coefficient (Wildman–Crippen LogP) is 0.253. The quantitative estimate of drug-likeness (QED) is 0.723. The number of hydrogen-bond acceptors (Lipinski definition) is 4. The molecular weight excluding hydrogens is 188 g/mol. The zero-order chi connectivity index (χ0) is 11.3. The lowest BCUT2D eigenvalue weighted by Gasteiger charge is -2.37. The smallest absolute Gasteiger partial charge is 0.0940 e. The van der Waals surface area contributed by atoms with Crippen molar-refractivity contribution in [2.24, 2.45) is 5.73 Å². The fourth-order valence-corrected chi connectivity index (χ4v) is 1.89. The lowest BCUT2D eigenvalue weighted by molar-refractivity contribution is 0.107. The van der Waals surface area contributed by atoms with E-state index >= 15 is 0 Å². The van der Waals surface area contributed by atoms with E-state index in [0.29, 0.717) is 6.04 Å². The molecule has 1 unspecified atom stereocenters. The first-order chi connectivity index (χ1) is 7.13. The summed E-state index contributed by atoms with van der Waals surface area (Å²) >= 11 is 0. The zero-order valence-corrected chi connectivity index (χ0v) is 9.82. The Balaban J connectivity index is 2.18. The first-order valence-corrected chi connectivity index (χ1v) is 5.75. The highest BCUT2D eigenvalue weighted by Gasteiger charge is 2.18. The van der Waals surface area contributed by atoms with E-state index in [4.69, 9.17) is 11.0 Å². The minimum absolute atomic E-state index is 0.298. The van der Waals surface area contributed by atoms with Crippen LogP contribution in [0.5, 0.6) is 0 Å². The third-order valence-electron chi connectivity index (χ3n) is 3.06. The SMILES string of the molecule is CC(C)N1CCN(CCC(N)C#N)CC1. The summed E-state index contributed by atoms with van der Waals surface area (Å²) in [5.41, 5.74) is 5.57. The van der Waals surface area contributed by atoms with Gasteiger partial charge >= 0.3 is 0 Å². The van der Waals surface area contributed by atoms with Crippen LogP contribution >= 0.6 is 0 Å². The first-order valence-electron chi connectivity index (χ1n) is 5.75. The van der Waals surface area contributed by atoms with Gasteiger partial charge in [0.15, 0.2) is 0 Å². The maximum absolute atomic E-state index is 8.58. The second-order valence-corrected chi connectivity index (χ2v) is 4.50. The Morgan fingerprint density at radius 2 is 1.87 bits per heavy atom. The van der Waals surface area contributed by atoms with Crippen LogP contribution in [-0.4, -0.2) is 54.6 Å². The molecule has 1 aliphatic heterocycles. The van der Waals surface area contributed by atoms with Gasteiger partial charge in [-0.1, -0.05) is 0 Å². The Hall–Kier alpha value is -0.630. The number of piperazine rings is 1. The van der Waals surface area contributed by atoms with Crippen molar-refractivity contribution in [2.75, 3.05) is 32.7 Å². The van der Waals surface area contributed by atoms with E-state index < -0.39 is 0 Å². The Morgan fingerprint density at radius 3 is 2.33 bits per heavy atom. The number of nitrogens with zero attached hydrogens (tertiary/aromatic N) is 3. The van der Waals surface area contributed by atoms with Crippen molar-refractivity contribution in [3.63, 3.8) is 0 Å². The molecule has 1 fully saturated rings. The molecule has 0 radical (unpaired) electrons. The highest BCUT2D eigenvalue weighted by atomic mass is 15.3. The lowest BCUT2D eigenvalue weighted by atomic mass is 10.2. The van der Waals surface area contributed by atoms with Gasteiger partial charge in [-0.2, -0.15) is 5.26 Å². The van der Waals surface area contributed by atoms with Gasteiger partial charge in [0, 0.05) is 38.8 Å². The van der Waals surface area contributed by atoms with E-state index in [-0.39, 0.29) is 6.04 Å².